The molecule has 2 aromatic rings. The van der Waals surface area contributed by atoms with Gasteiger partial charge in [0.15, 0.2) is 0 Å². The molecule has 1 fully saturated rings. The van der Waals surface area contributed by atoms with Gasteiger partial charge in [-0.1, -0.05) is 46.3 Å². The van der Waals surface area contributed by atoms with Gasteiger partial charge in [0, 0.05) is 12.6 Å². The third kappa shape index (κ3) is 5.43. The van der Waals surface area contributed by atoms with Gasteiger partial charge in [0.2, 0.25) is 0 Å². The smallest absolute Gasteiger partial charge is 0.431 e. The molecule has 1 unspecified atom stereocenters. The van der Waals surface area contributed by atoms with Gasteiger partial charge in [-0.2, -0.15) is 0 Å². The predicted octanol–water partition coefficient (Wildman–Crippen LogP) is 1.90. The van der Waals surface area contributed by atoms with E-state index in [9.17, 15) is 19.5 Å². The fraction of sp³-hybridized carbons (Fsp3) is 0.316. The molecule has 154 valence electrons. The van der Waals surface area contributed by atoms with E-state index < -0.39 is 35.8 Å². The number of hydrogen-bond donors (Lipinski definition) is 2. The van der Waals surface area contributed by atoms with Gasteiger partial charge < -0.3 is 19.3 Å². The largest absolute Gasteiger partial charge is 0.508 e. The van der Waals surface area contributed by atoms with Crippen LogP contribution in [0.15, 0.2) is 51.1 Å². The molecule has 1 aromatic carbocycles. The van der Waals surface area contributed by atoms with E-state index in [4.69, 9.17) is 14.2 Å². The molecule has 0 amide bonds. The van der Waals surface area contributed by atoms with Gasteiger partial charge in [-0.25, -0.2) is 9.59 Å². The maximum Gasteiger partial charge on any atom is 0.508 e. The van der Waals surface area contributed by atoms with E-state index in [2.05, 4.69) is 20.9 Å². The Kier molecular flexibility index (Phi) is 7.02. The third-order valence-electron chi connectivity index (χ3n) is 4.32. The van der Waals surface area contributed by atoms with Crippen LogP contribution in [0.2, 0.25) is 0 Å². The summed E-state index contributed by atoms with van der Waals surface area (Å²) in [6.45, 7) is -0.176. The van der Waals surface area contributed by atoms with Crippen LogP contribution in [-0.4, -0.2) is 39.6 Å². The number of H-pyrrole nitrogens is 1. The molecule has 0 aliphatic carbocycles. The van der Waals surface area contributed by atoms with E-state index >= 15 is 0 Å². The number of nitrogens with one attached hydrogen (secondary N) is 1. The van der Waals surface area contributed by atoms with Crippen LogP contribution in [0.5, 0.6) is 0 Å². The van der Waals surface area contributed by atoms with E-state index in [-0.39, 0.29) is 25.2 Å². The molecule has 10 heteroatoms. The Morgan fingerprint density at radius 2 is 2.07 bits per heavy atom. The van der Waals surface area contributed by atoms with Crippen molar-refractivity contribution < 1.29 is 24.1 Å². The molecular weight excluding hydrogens is 448 g/mol. The Bertz CT molecular complexity index is 986. The van der Waals surface area contributed by atoms with E-state index in [0.717, 1.165) is 5.56 Å². The summed E-state index contributed by atoms with van der Waals surface area (Å²) >= 11 is 3.08. The zero-order chi connectivity index (χ0) is 20.8. The van der Waals surface area contributed by atoms with Gasteiger partial charge in [-0.15, -0.1) is 0 Å². The molecular formula is C19H19BrN2O7. The number of nitrogens with zero attached hydrogens (tertiary/aromatic N) is 1. The van der Waals surface area contributed by atoms with Gasteiger partial charge in [0.1, 0.15) is 25.5 Å². The molecule has 9 nitrogen and oxygen atoms in total. The van der Waals surface area contributed by atoms with Crippen LogP contribution in [0.3, 0.4) is 0 Å². The molecule has 2 heterocycles. The lowest BCUT2D eigenvalue weighted by atomic mass is 10.2. The Hall–Kier alpha value is -2.69. The molecule has 0 radical (unpaired) electrons. The first-order valence-corrected chi connectivity index (χ1v) is 9.68. The highest BCUT2D eigenvalue weighted by atomic mass is 79.9. The second kappa shape index (κ2) is 9.68. The highest BCUT2D eigenvalue weighted by molar-refractivity contribution is 9.11. The van der Waals surface area contributed by atoms with Gasteiger partial charge in [0.05, 0.1) is 11.7 Å². The van der Waals surface area contributed by atoms with Crippen LogP contribution in [-0.2, 0) is 20.8 Å². The number of aliphatic hydroxyl groups is 1. The van der Waals surface area contributed by atoms with Crippen molar-refractivity contribution in [1.82, 2.24) is 9.55 Å². The summed E-state index contributed by atoms with van der Waals surface area (Å²) in [7, 11) is 0. The van der Waals surface area contributed by atoms with Crippen molar-refractivity contribution >= 4 is 28.2 Å². The lowest BCUT2D eigenvalue weighted by molar-refractivity contribution is -0.0595. The van der Waals surface area contributed by atoms with Crippen molar-refractivity contribution in [3.8, 4) is 0 Å². The quantitative estimate of drug-likeness (QED) is 0.623. The summed E-state index contributed by atoms with van der Waals surface area (Å²) < 4.78 is 16.8. The van der Waals surface area contributed by atoms with Crippen molar-refractivity contribution in [3.05, 3.63) is 73.5 Å². The number of carbonyl (C=O) groups excluding carboxylic acids is 1. The van der Waals surface area contributed by atoms with Gasteiger partial charge in [0.25, 0.3) is 5.56 Å². The number of halogens is 1. The van der Waals surface area contributed by atoms with Gasteiger partial charge in [-0.05, 0) is 16.6 Å². The van der Waals surface area contributed by atoms with Crippen molar-refractivity contribution in [2.45, 2.75) is 31.5 Å². The number of aromatic amines is 1. The van der Waals surface area contributed by atoms with E-state index in [1.807, 2.05) is 30.3 Å². The van der Waals surface area contributed by atoms with Crippen LogP contribution in [0.4, 0.5) is 4.79 Å². The summed E-state index contributed by atoms with van der Waals surface area (Å²) in [5, 5.41) is 10.2. The highest BCUT2D eigenvalue weighted by Gasteiger charge is 2.36. The van der Waals surface area contributed by atoms with Gasteiger partial charge in [-0.3, -0.25) is 14.3 Å². The van der Waals surface area contributed by atoms with Gasteiger partial charge >= 0.3 is 11.8 Å². The van der Waals surface area contributed by atoms with Crippen molar-refractivity contribution in [3.63, 3.8) is 0 Å². The number of aliphatic hydroxyl groups excluding tert-OH is 1. The number of hydrogen-bond acceptors (Lipinski definition) is 7. The van der Waals surface area contributed by atoms with Crippen LogP contribution < -0.4 is 11.2 Å². The van der Waals surface area contributed by atoms with Crippen LogP contribution in [0.1, 0.15) is 23.8 Å². The first kappa shape index (κ1) is 21.0. The molecule has 1 aromatic heterocycles. The summed E-state index contributed by atoms with van der Waals surface area (Å²) in [6, 6.07) is 9.12. The lowest BCUT2D eigenvalue weighted by Gasteiger charge is -2.16. The molecule has 0 saturated carbocycles. The highest BCUT2D eigenvalue weighted by Crippen LogP contribution is 2.28. The molecule has 0 spiro atoms. The van der Waals surface area contributed by atoms with E-state index in [1.165, 1.54) is 21.8 Å². The molecule has 3 atom stereocenters. The van der Waals surface area contributed by atoms with Crippen LogP contribution >= 0.6 is 15.9 Å². The van der Waals surface area contributed by atoms with Crippen molar-refractivity contribution in [2.24, 2.45) is 0 Å². The molecule has 3 rings (SSSR count). The molecule has 2 N–H and O–H groups in total. The maximum absolute atomic E-state index is 12.1. The molecule has 1 aliphatic rings. The number of rotatable bonds is 6. The molecule has 0 bridgehead atoms. The second-order valence-electron chi connectivity index (χ2n) is 6.31. The fourth-order valence-corrected chi connectivity index (χ4v) is 3.13. The standard InChI is InChI=1S/C19H19BrN2O7/c20-7-6-13-9-22(18(25)21-17(13)24)16-8-14(23)15(29-16)11-28-19(26)27-10-12-4-2-1-3-5-12/h1-7,9,14-16,23H,8,10-11H2,(H,21,24,25)/t14?,15-,16-/m0/s1. The number of ether oxygens (including phenoxy) is 3. The average molecular weight is 467 g/mol. The third-order valence-corrected chi connectivity index (χ3v) is 4.58. The minimum Gasteiger partial charge on any atom is -0.431 e. The van der Waals surface area contributed by atoms with Crippen LogP contribution in [0, 0.1) is 0 Å². The minimum atomic E-state index is -0.962. The molecule has 1 saturated heterocycles. The number of benzene rings is 1. The SMILES string of the molecule is O=C(OCc1ccccc1)OC[C@@H]1O[C@H](n2cc(C=CBr)c(=O)[nH]c2=O)CC1O. The summed E-state index contributed by atoms with van der Waals surface area (Å²) in [5.74, 6) is 0. The first-order valence-electron chi connectivity index (χ1n) is 8.77. The lowest BCUT2D eigenvalue weighted by Crippen LogP contribution is -2.33. The summed E-state index contributed by atoms with van der Waals surface area (Å²) in [6.07, 6.45) is -0.591. The summed E-state index contributed by atoms with van der Waals surface area (Å²) in [5.41, 5.74) is -0.152. The molecule has 1 aliphatic heterocycles. The van der Waals surface area contributed by atoms with Crippen molar-refractivity contribution in [2.75, 3.05) is 6.61 Å². The van der Waals surface area contributed by atoms with Crippen LogP contribution in [0.25, 0.3) is 6.08 Å². The number of aromatic nitrogens is 2. The first-order chi connectivity index (χ1) is 14.0. The molecule has 29 heavy (non-hydrogen) atoms. The topological polar surface area (TPSA) is 120 Å². The zero-order valence-corrected chi connectivity index (χ0v) is 16.8. The monoisotopic (exact) mass is 466 g/mol. The van der Waals surface area contributed by atoms with E-state index in [1.54, 1.807) is 0 Å². The Morgan fingerprint density at radius 1 is 1.31 bits per heavy atom. The zero-order valence-electron chi connectivity index (χ0n) is 15.2. The summed E-state index contributed by atoms with van der Waals surface area (Å²) in [4.78, 5) is 39.3. The number of carbonyl (C=O) groups is 1. The van der Waals surface area contributed by atoms with E-state index in [0.29, 0.717) is 0 Å². The average Bonchev–Trinajstić information content (AvgIpc) is 3.08. The normalized spacial score (nSPS) is 21.4. The Labute approximate surface area is 173 Å². The fourth-order valence-electron chi connectivity index (χ4n) is 2.85. The Balaban J connectivity index is 1.57. The Morgan fingerprint density at radius 3 is 2.79 bits per heavy atom. The maximum atomic E-state index is 12.1. The minimum absolute atomic E-state index is 0.0625. The van der Waals surface area contributed by atoms with Crippen molar-refractivity contribution in [1.29, 1.82) is 0 Å². The predicted molar refractivity (Wildman–Crippen MR) is 106 cm³/mol. The second-order valence-corrected chi connectivity index (χ2v) is 6.84.